The Labute approximate surface area is 83.5 Å². The molecule has 0 bridgehead atoms. The highest BCUT2D eigenvalue weighted by molar-refractivity contribution is 5.22. The maximum atomic E-state index is 6.02. The molecular formula is C10H15N3O. The number of nitrogens with zero attached hydrogens (tertiary/aromatic N) is 2. The molecule has 76 valence electrons. The quantitative estimate of drug-likeness (QED) is 0.781. The van der Waals surface area contributed by atoms with Crippen molar-refractivity contribution in [1.29, 1.82) is 0 Å². The van der Waals surface area contributed by atoms with Gasteiger partial charge < -0.3 is 10.5 Å². The minimum Gasteiger partial charge on any atom is -0.478 e. The van der Waals surface area contributed by atoms with Gasteiger partial charge in [0.2, 0.25) is 5.88 Å². The Morgan fingerprint density at radius 1 is 1.50 bits per heavy atom. The van der Waals surface area contributed by atoms with Gasteiger partial charge in [-0.05, 0) is 26.7 Å². The molecule has 0 spiro atoms. The zero-order chi connectivity index (χ0) is 10.2. The van der Waals surface area contributed by atoms with Crippen LogP contribution in [0.4, 0.5) is 0 Å². The van der Waals surface area contributed by atoms with Gasteiger partial charge in [-0.2, -0.15) is 4.98 Å². The lowest BCUT2D eigenvalue weighted by Crippen LogP contribution is -2.22. The summed E-state index contributed by atoms with van der Waals surface area (Å²) in [5.74, 6) is 1.35. The van der Waals surface area contributed by atoms with Crippen LogP contribution in [0.3, 0.4) is 0 Å². The molecule has 2 rings (SSSR count). The van der Waals surface area contributed by atoms with Crippen molar-refractivity contribution in [2.75, 3.05) is 6.61 Å². The average molecular weight is 193 g/mol. The van der Waals surface area contributed by atoms with Crippen LogP contribution in [0.1, 0.15) is 31.3 Å². The molecule has 1 heterocycles. The van der Waals surface area contributed by atoms with E-state index in [1.807, 2.05) is 19.9 Å². The van der Waals surface area contributed by atoms with Crippen LogP contribution in [0.25, 0.3) is 0 Å². The molecule has 0 aliphatic heterocycles. The molecule has 4 nitrogen and oxygen atoms in total. The Balaban J connectivity index is 2.32. The maximum Gasteiger partial charge on any atom is 0.216 e. The molecule has 1 aliphatic carbocycles. The van der Waals surface area contributed by atoms with Gasteiger partial charge in [-0.1, -0.05) is 0 Å². The molecule has 0 saturated heterocycles. The van der Waals surface area contributed by atoms with Gasteiger partial charge in [0.25, 0.3) is 0 Å². The number of ether oxygens (including phenoxy) is 1. The van der Waals surface area contributed by atoms with E-state index >= 15 is 0 Å². The summed E-state index contributed by atoms with van der Waals surface area (Å²) < 4.78 is 5.34. The van der Waals surface area contributed by atoms with Gasteiger partial charge >= 0.3 is 0 Å². The Morgan fingerprint density at radius 2 is 2.21 bits per heavy atom. The molecule has 1 aliphatic rings. The molecule has 4 heteroatoms. The van der Waals surface area contributed by atoms with E-state index in [0.29, 0.717) is 12.5 Å². The molecule has 14 heavy (non-hydrogen) atoms. The van der Waals surface area contributed by atoms with Crippen molar-refractivity contribution < 1.29 is 4.74 Å². The molecule has 1 fully saturated rings. The molecule has 0 aromatic carbocycles. The third-order valence-corrected chi connectivity index (χ3v) is 2.36. The minimum atomic E-state index is -0.280. The first-order chi connectivity index (χ1) is 6.64. The standard InChI is InChI=1S/C10H15N3O/c1-3-14-8-6-7(2)12-9(13-8)10(11)4-5-10/h6H,3-5,11H2,1-2H3. The van der Waals surface area contributed by atoms with Crippen molar-refractivity contribution >= 4 is 0 Å². The van der Waals surface area contributed by atoms with Crippen LogP contribution in [0.15, 0.2) is 6.07 Å². The summed E-state index contributed by atoms with van der Waals surface area (Å²) in [6.45, 7) is 4.49. The number of aryl methyl sites for hydroxylation is 1. The van der Waals surface area contributed by atoms with Crippen molar-refractivity contribution in [2.45, 2.75) is 32.2 Å². The number of hydrogen-bond acceptors (Lipinski definition) is 4. The smallest absolute Gasteiger partial charge is 0.216 e. The number of nitrogens with two attached hydrogens (primary N) is 1. The molecular weight excluding hydrogens is 178 g/mol. The second-order valence-corrected chi connectivity index (χ2v) is 3.76. The fourth-order valence-corrected chi connectivity index (χ4v) is 1.34. The molecule has 1 aromatic rings. The summed E-state index contributed by atoms with van der Waals surface area (Å²) in [5.41, 5.74) is 6.65. The highest BCUT2D eigenvalue weighted by Gasteiger charge is 2.43. The van der Waals surface area contributed by atoms with Crippen LogP contribution < -0.4 is 10.5 Å². The highest BCUT2D eigenvalue weighted by atomic mass is 16.5. The normalized spacial score (nSPS) is 17.9. The average Bonchev–Trinajstić information content (AvgIpc) is 2.85. The minimum absolute atomic E-state index is 0.280. The van der Waals surface area contributed by atoms with E-state index < -0.39 is 0 Å². The Kier molecular flexibility index (Phi) is 2.15. The van der Waals surface area contributed by atoms with Gasteiger partial charge in [-0.25, -0.2) is 4.98 Å². The van der Waals surface area contributed by atoms with Crippen LogP contribution in [0, 0.1) is 6.92 Å². The van der Waals surface area contributed by atoms with E-state index in [2.05, 4.69) is 9.97 Å². The summed E-state index contributed by atoms with van der Waals surface area (Å²) in [7, 11) is 0. The lowest BCUT2D eigenvalue weighted by atomic mass is 10.2. The third kappa shape index (κ3) is 1.70. The van der Waals surface area contributed by atoms with Crippen molar-refractivity contribution in [2.24, 2.45) is 5.73 Å². The van der Waals surface area contributed by atoms with Crippen LogP contribution in [-0.4, -0.2) is 16.6 Å². The van der Waals surface area contributed by atoms with Crippen LogP contribution in [0.5, 0.6) is 5.88 Å². The Morgan fingerprint density at radius 3 is 2.79 bits per heavy atom. The second kappa shape index (κ2) is 3.20. The largest absolute Gasteiger partial charge is 0.478 e. The zero-order valence-electron chi connectivity index (χ0n) is 8.58. The summed E-state index contributed by atoms with van der Waals surface area (Å²) in [6.07, 6.45) is 1.95. The van der Waals surface area contributed by atoms with E-state index in [1.54, 1.807) is 0 Å². The molecule has 0 unspecified atom stereocenters. The molecule has 0 atom stereocenters. The highest BCUT2D eigenvalue weighted by Crippen LogP contribution is 2.41. The number of rotatable bonds is 3. The molecule has 2 N–H and O–H groups in total. The SMILES string of the molecule is CCOc1cc(C)nc(C2(N)CC2)n1. The first-order valence-electron chi connectivity index (χ1n) is 4.92. The molecule has 0 amide bonds. The van der Waals surface area contributed by atoms with E-state index in [0.717, 1.165) is 24.4 Å². The van der Waals surface area contributed by atoms with Gasteiger partial charge in [0.1, 0.15) is 0 Å². The maximum absolute atomic E-state index is 6.02. The van der Waals surface area contributed by atoms with E-state index in [4.69, 9.17) is 10.5 Å². The summed E-state index contributed by atoms with van der Waals surface area (Å²) >= 11 is 0. The van der Waals surface area contributed by atoms with Gasteiger partial charge in [0, 0.05) is 11.8 Å². The lowest BCUT2D eigenvalue weighted by molar-refractivity contribution is 0.323. The Bertz CT molecular complexity index is 347. The molecule has 0 radical (unpaired) electrons. The lowest BCUT2D eigenvalue weighted by Gasteiger charge is -2.10. The van der Waals surface area contributed by atoms with Gasteiger partial charge in [-0.15, -0.1) is 0 Å². The van der Waals surface area contributed by atoms with E-state index in [1.165, 1.54) is 0 Å². The van der Waals surface area contributed by atoms with Gasteiger partial charge in [0.05, 0.1) is 12.1 Å². The van der Waals surface area contributed by atoms with Crippen molar-refractivity contribution in [3.05, 3.63) is 17.6 Å². The monoisotopic (exact) mass is 193 g/mol. The first kappa shape index (κ1) is 9.40. The molecule has 1 aromatic heterocycles. The van der Waals surface area contributed by atoms with Crippen LogP contribution in [-0.2, 0) is 5.54 Å². The summed E-state index contributed by atoms with van der Waals surface area (Å²) in [5, 5.41) is 0. The van der Waals surface area contributed by atoms with Crippen molar-refractivity contribution in [3.8, 4) is 5.88 Å². The fraction of sp³-hybridized carbons (Fsp3) is 0.600. The predicted octanol–water partition coefficient (Wildman–Crippen LogP) is 1.13. The van der Waals surface area contributed by atoms with E-state index in [9.17, 15) is 0 Å². The van der Waals surface area contributed by atoms with E-state index in [-0.39, 0.29) is 5.54 Å². The second-order valence-electron chi connectivity index (χ2n) is 3.76. The first-order valence-corrected chi connectivity index (χ1v) is 4.92. The summed E-state index contributed by atoms with van der Waals surface area (Å²) in [4.78, 5) is 8.63. The fourth-order valence-electron chi connectivity index (χ4n) is 1.34. The predicted molar refractivity (Wildman–Crippen MR) is 53.0 cm³/mol. The number of hydrogen-bond donors (Lipinski definition) is 1. The van der Waals surface area contributed by atoms with Crippen molar-refractivity contribution in [1.82, 2.24) is 9.97 Å². The number of aromatic nitrogens is 2. The van der Waals surface area contributed by atoms with Crippen molar-refractivity contribution in [3.63, 3.8) is 0 Å². The topological polar surface area (TPSA) is 61.0 Å². The third-order valence-electron chi connectivity index (χ3n) is 2.36. The van der Waals surface area contributed by atoms with Gasteiger partial charge in [0.15, 0.2) is 5.82 Å². The molecule has 1 saturated carbocycles. The van der Waals surface area contributed by atoms with Crippen LogP contribution in [0.2, 0.25) is 0 Å². The zero-order valence-corrected chi connectivity index (χ0v) is 8.58. The van der Waals surface area contributed by atoms with Gasteiger partial charge in [-0.3, -0.25) is 0 Å². The summed E-state index contributed by atoms with van der Waals surface area (Å²) in [6, 6.07) is 1.83. The van der Waals surface area contributed by atoms with Crippen LogP contribution >= 0.6 is 0 Å². The Hall–Kier alpha value is -1.16.